The third-order valence-corrected chi connectivity index (χ3v) is 2.63. The van der Waals surface area contributed by atoms with Gasteiger partial charge in [-0.15, -0.1) is 0 Å². The molecule has 2 rings (SSSR count). The summed E-state index contributed by atoms with van der Waals surface area (Å²) in [7, 11) is 0. The molecule has 0 unspecified atom stereocenters. The summed E-state index contributed by atoms with van der Waals surface area (Å²) in [5.74, 6) is -0.498. The van der Waals surface area contributed by atoms with E-state index in [1.165, 1.54) is 13.0 Å². The molecule has 0 aliphatic carbocycles. The van der Waals surface area contributed by atoms with Crippen molar-refractivity contribution in [2.24, 2.45) is 5.73 Å². The second kappa shape index (κ2) is 2.98. The first kappa shape index (κ1) is 10.9. The number of amides is 1. The Balaban J connectivity index is 2.53. The summed E-state index contributed by atoms with van der Waals surface area (Å²) in [5.41, 5.74) is 4.14. The van der Waals surface area contributed by atoms with Gasteiger partial charge in [0.1, 0.15) is 5.54 Å². The Bertz CT molecular complexity index is 466. The van der Waals surface area contributed by atoms with Crippen molar-refractivity contribution in [3.63, 3.8) is 0 Å². The van der Waals surface area contributed by atoms with Crippen molar-refractivity contribution in [2.75, 3.05) is 5.32 Å². The Kier molecular flexibility index (Phi) is 2.03. The monoisotopic (exact) mass is 230 g/mol. The van der Waals surface area contributed by atoms with Gasteiger partial charge in [-0.05, 0) is 19.1 Å². The third-order valence-electron chi connectivity index (χ3n) is 2.63. The zero-order valence-electron chi connectivity index (χ0n) is 8.35. The smallest absolute Gasteiger partial charge is 0.324 e. The Labute approximate surface area is 89.4 Å². The van der Waals surface area contributed by atoms with Gasteiger partial charge in [-0.1, -0.05) is 6.07 Å². The number of alkyl halides is 3. The van der Waals surface area contributed by atoms with E-state index >= 15 is 0 Å². The minimum atomic E-state index is -4.42. The molecule has 1 heterocycles. The second-order valence-electron chi connectivity index (χ2n) is 3.91. The first-order valence-electron chi connectivity index (χ1n) is 4.55. The number of nitrogens with one attached hydrogen (secondary N) is 1. The second-order valence-corrected chi connectivity index (χ2v) is 3.91. The molecule has 1 aromatic carbocycles. The van der Waals surface area contributed by atoms with Crippen LogP contribution in [0, 0.1) is 0 Å². The maximum Gasteiger partial charge on any atom is 0.416 e. The van der Waals surface area contributed by atoms with Gasteiger partial charge in [0.25, 0.3) is 0 Å². The van der Waals surface area contributed by atoms with E-state index in [-0.39, 0.29) is 5.69 Å². The van der Waals surface area contributed by atoms with E-state index in [0.717, 1.165) is 12.1 Å². The molecule has 16 heavy (non-hydrogen) atoms. The molecule has 86 valence electrons. The number of benzene rings is 1. The lowest BCUT2D eigenvalue weighted by atomic mass is 9.94. The van der Waals surface area contributed by atoms with Crippen molar-refractivity contribution in [3.8, 4) is 0 Å². The number of fused-ring (bicyclic) bond motifs is 1. The van der Waals surface area contributed by atoms with E-state index in [1.54, 1.807) is 0 Å². The van der Waals surface area contributed by atoms with Gasteiger partial charge >= 0.3 is 6.18 Å². The molecule has 1 aliphatic heterocycles. The van der Waals surface area contributed by atoms with Crippen LogP contribution in [0.15, 0.2) is 18.2 Å². The van der Waals surface area contributed by atoms with Crippen molar-refractivity contribution < 1.29 is 18.0 Å². The zero-order chi connectivity index (χ0) is 12.1. The SMILES string of the molecule is C[C@]1(N)C(=O)Nc2cc(C(F)(F)F)ccc21. The molecule has 1 aliphatic rings. The molecule has 3 N–H and O–H groups in total. The van der Waals surface area contributed by atoms with E-state index in [4.69, 9.17) is 5.73 Å². The normalized spacial score (nSPS) is 24.2. The molecule has 0 saturated carbocycles. The number of rotatable bonds is 0. The number of hydrogen-bond donors (Lipinski definition) is 2. The number of carbonyl (C=O) groups is 1. The van der Waals surface area contributed by atoms with Gasteiger partial charge in [-0.2, -0.15) is 13.2 Å². The Morgan fingerprint density at radius 3 is 2.56 bits per heavy atom. The minimum absolute atomic E-state index is 0.129. The van der Waals surface area contributed by atoms with Crippen molar-refractivity contribution in [3.05, 3.63) is 29.3 Å². The highest BCUT2D eigenvalue weighted by atomic mass is 19.4. The Morgan fingerprint density at radius 2 is 2.00 bits per heavy atom. The standard InChI is InChI=1S/C10H9F3N2O/c1-9(14)6-3-2-5(10(11,12)13)4-7(6)15-8(9)16/h2-4H,14H2,1H3,(H,15,16)/t9-/m1/s1. The summed E-state index contributed by atoms with van der Waals surface area (Å²) >= 11 is 0. The van der Waals surface area contributed by atoms with Crippen LogP contribution in [0.5, 0.6) is 0 Å². The molecule has 1 aromatic rings. The predicted molar refractivity (Wildman–Crippen MR) is 51.6 cm³/mol. The summed E-state index contributed by atoms with van der Waals surface area (Å²) < 4.78 is 37.2. The number of anilines is 1. The number of hydrogen-bond acceptors (Lipinski definition) is 2. The van der Waals surface area contributed by atoms with Gasteiger partial charge in [0.15, 0.2) is 0 Å². The van der Waals surface area contributed by atoms with E-state index in [0.29, 0.717) is 5.56 Å². The van der Waals surface area contributed by atoms with Gasteiger partial charge in [0.05, 0.1) is 5.56 Å². The highest BCUT2D eigenvalue weighted by Gasteiger charge is 2.41. The van der Waals surface area contributed by atoms with Crippen molar-refractivity contribution in [2.45, 2.75) is 18.6 Å². The molecular weight excluding hydrogens is 221 g/mol. The van der Waals surface area contributed by atoms with Gasteiger partial charge < -0.3 is 11.1 Å². The number of carbonyl (C=O) groups excluding carboxylic acids is 1. The molecular formula is C10H9F3N2O. The average Bonchev–Trinajstić information content (AvgIpc) is 2.36. The molecule has 0 saturated heterocycles. The molecule has 0 spiro atoms. The topological polar surface area (TPSA) is 55.1 Å². The Morgan fingerprint density at radius 1 is 1.38 bits per heavy atom. The van der Waals surface area contributed by atoms with Gasteiger partial charge in [0.2, 0.25) is 5.91 Å². The quantitative estimate of drug-likeness (QED) is 0.714. The lowest BCUT2D eigenvalue weighted by molar-refractivity contribution is -0.137. The molecule has 1 atom stereocenters. The highest BCUT2D eigenvalue weighted by molar-refractivity contribution is 6.05. The maximum atomic E-state index is 12.4. The van der Waals surface area contributed by atoms with Gasteiger partial charge in [-0.25, -0.2) is 0 Å². The van der Waals surface area contributed by atoms with E-state index in [9.17, 15) is 18.0 Å². The molecule has 0 fully saturated rings. The molecule has 3 nitrogen and oxygen atoms in total. The van der Waals surface area contributed by atoms with Crippen LogP contribution in [0.1, 0.15) is 18.1 Å². The fraction of sp³-hybridized carbons (Fsp3) is 0.300. The molecule has 1 amide bonds. The van der Waals surface area contributed by atoms with Crippen molar-refractivity contribution >= 4 is 11.6 Å². The summed E-state index contributed by atoms with van der Waals surface area (Å²) in [6, 6.07) is 3.05. The fourth-order valence-corrected chi connectivity index (χ4v) is 1.65. The van der Waals surface area contributed by atoms with Crippen LogP contribution >= 0.6 is 0 Å². The first-order chi connectivity index (χ1) is 7.23. The van der Waals surface area contributed by atoms with Gasteiger partial charge in [-0.3, -0.25) is 4.79 Å². The summed E-state index contributed by atoms with van der Waals surface area (Å²) in [6.07, 6.45) is -4.42. The maximum absolute atomic E-state index is 12.4. The first-order valence-corrected chi connectivity index (χ1v) is 4.55. The van der Waals surface area contributed by atoms with Crippen molar-refractivity contribution in [1.82, 2.24) is 0 Å². The lowest BCUT2D eigenvalue weighted by Crippen LogP contribution is -2.40. The largest absolute Gasteiger partial charge is 0.416 e. The molecule has 0 bridgehead atoms. The van der Waals surface area contributed by atoms with Gasteiger partial charge in [0, 0.05) is 11.3 Å². The third kappa shape index (κ3) is 1.46. The minimum Gasteiger partial charge on any atom is -0.324 e. The van der Waals surface area contributed by atoms with Crippen molar-refractivity contribution in [1.29, 1.82) is 0 Å². The molecule has 0 aromatic heterocycles. The summed E-state index contributed by atoms with van der Waals surface area (Å²) in [4.78, 5) is 11.4. The summed E-state index contributed by atoms with van der Waals surface area (Å²) in [6.45, 7) is 1.46. The molecule has 6 heteroatoms. The number of nitrogens with two attached hydrogens (primary N) is 1. The lowest BCUT2D eigenvalue weighted by Gasteiger charge is -2.15. The van der Waals surface area contributed by atoms with Crippen LogP contribution in [-0.2, 0) is 16.5 Å². The average molecular weight is 230 g/mol. The summed E-state index contributed by atoms with van der Waals surface area (Å²) in [5, 5.41) is 2.34. The van der Waals surface area contributed by atoms with E-state index < -0.39 is 23.2 Å². The van der Waals surface area contributed by atoms with Crippen LogP contribution < -0.4 is 11.1 Å². The van der Waals surface area contributed by atoms with E-state index in [1.807, 2.05) is 0 Å². The number of halogens is 3. The predicted octanol–water partition coefficient (Wildman–Crippen LogP) is 1.83. The highest BCUT2D eigenvalue weighted by Crippen LogP contribution is 2.38. The van der Waals surface area contributed by atoms with Crippen LogP contribution in [0.3, 0.4) is 0 Å². The molecule has 0 radical (unpaired) electrons. The van der Waals surface area contributed by atoms with Crippen LogP contribution in [0.25, 0.3) is 0 Å². The van der Waals surface area contributed by atoms with Crippen LogP contribution in [0.2, 0.25) is 0 Å². The van der Waals surface area contributed by atoms with Crippen LogP contribution in [0.4, 0.5) is 18.9 Å². The Hall–Kier alpha value is -1.56. The fourth-order valence-electron chi connectivity index (χ4n) is 1.65. The van der Waals surface area contributed by atoms with Crippen LogP contribution in [-0.4, -0.2) is 5.91 Å². The zero-order valence-corrected chi connectivity index (χ0v) is 8.35. The van der Waals surface area contributed by atoms with E-state index in [2.05, 4.69) is 5.32 Å².